The molecule has 2 aromatic heterocycles. The lowest BCUT2D eigenvalue weighted by Crippen LogP contribution is -2.07. The van der Waals surface area contributed by atoms with Gasteiger partial charge in [0.05, 0.1) is 15.5 Å². The van der Waals surface area contributed by atoms with Crippen molar-refractivity contribution in [2.45, 2.75) is 0 Å². The number of carbonyl (C=O) groups excluding carboxylic acids is 1. The number of anilines is 1. The molecule has 1 amide bonds. The highest BCUT2D eigenvalue weighted by atomic mass is 32.1. The van der Waals surface area contributed by atoms with E-state index in [0.29, 0.717) is 21.3 Å². The van der Waals surface area contributed by atoms with E-state index in [1.54, 1.807) is 23.6 Å². The molecule has 0 aliphatic rings. The van der Waals surface area contributed by atoms with E-state index in [2.05, 4.69) is 10.3 Å². The first-order valence-electron chi connectivity index (χ1n) is 7.36. The minimum absolute atomic E-state index is 0.00252. The van der Waals surface area contributed by atoms with E-state index in [4.69, 9.17) is 0 Å². The van der Waals surface area contributed by atoms with E-state index in [9.17, 15) is 25.0 Å². The van der Waals surface area contributed by atoms with Crippen LogP contribution in [-0.4, -0.2) is 20.7 Å². The van der Waals surface area contributed by atoms with Crippen LogP contribution in [0, 0.1) is 20.2 Å². The van der Waals surface area contributed by atoms with Crippen molar-refractivity contribution in [2.75, 3.05) is 5.32 Å². The summed E-state index contributed by atoms with van der Waals surface area (Å²) in [5, 5.41) is 26.0. The quantitative estimate of drug-likeness (QED) is 0.371. The number of nitrogens with one attached hydrogen (secondary N) is 1. The Hall–Kier alpha value is -3.44. The molecule has 136 valence electrons. The highest BCUT2D eigenvalue weighted by molar-refractivity contribution is 7.16. The van der Waals surface area contributed by atoms with Gasteiger partial charge in [-0.3, -0.25) is 30.3 Å². The monoisotopic (exact) mass is 402 g/mol. The lowest BCUT2D eigenvalue weighted by atomic mass is 10.1. The SMILES string of the molecule is O=C(/C=C/c1ccc([N+](=O)[O-])s1)Nc1nc(-c2ccc([N+](=O)[O-])cc2)cs1. The van der Waals surface area contributed by atoms with Crippen molar-refractivity contribution < 1.29 is 14.6 Å². The van der Waals surface area contributed by atoms with Crippen molar-refractivity contribution >= 4 is 50.5 Å². The summed E-state index contributed by atoms with van der Waals surface area (Å²) >= 11 is 2.18. The highest BCUT2D eigenvalue weighted by Crippen LogP contribution is 2.27. The maximum Gasteiger partial charge on any atom is 0.324 e. The number of amides is 1. The first-order chi connectivity index (χ1) is 12.9. The van der Waals surface area contributed by atoms with Crippen molar-refractivity contribution in [3.05, 3.63) is 73.0 Å². The summed E-state index contributed by atoms with van der Waals surface area (Å²) in [5.41, 5.74) is 1.27. The number of aromatic nitrogens is 1. The molecular formula is C16H10N4O5S2. The third kappa shape index (κ3) is 4.59. The van der Waals surface area contributed by atoms with E-state index in [-0.39, 0.29) is 10.7 Å². The molecule has 0 aliphatic heterocycles. The Kier molecular flexibility index (Phi) is 5.33. The van der Waals surface area contributed by atoms with Gasteiger partial charge in [-0.05, 0) is 24.3 Å². The number of rotatable bonds is 6. The van der Waals surface area contributed by atoms with Gasteiger partial charge in [0.1, 0.15) is 0 Å². The molecule has 0 bridgehead atoms. The molecule has 3 rings (SSSR count). The van der Waals surface area contributed by atoms with Gasteiger partial charge in [-0.25, -0.2) is 4.98 Å². The number of nitro benzene ring substituents is 1. The predicted molar refractivity (Wildman–Crippen MR) is 103 cm³/mol. The second-order valence-corrected chi connectivity index (χ2v) is 7.05. The fourth-order valence-electron chi connectivity index (χ4n) is 2.05. The maximum absolute atomic E-state index is 12.0. The number of hydrogen-bond donors (Lipinski definition) is 1. The smallest absolute Gasteiger partial charge is 0.298 e. The first-order valence-corrected chi connectivity index (χ1v) is 9.05. The number of thiazole rings is 1. The fraction of sp³-hybridized carbons (Fsp3) is 0. The molecule has 0 aliphatic carbocycles. The Balaban J connectivity index is 1.64. The van der Waals surface area contributed by atoms with Gasteiger partial charge >= 0.3 is 5.00 Å². The Morgan fingerprint density at radius 1 is 1.07 bits per heavy atom. The summed E-state index contributed by atoms with van der Waals surface area (Å²) in [5.74, 6) is -0.421. The van der Waals surface area contributed by atoms with Crippen LogP contribution in [0.15, 0.2) is 47.9 Å². The molecule has 1 aromatic carbocycles. The van der Waals surface area contributed by atoms with Crippen molar-refractivity contribution in [3.8, 4) is 11.3 Å². The third-order valence-electron chi connectivity index (χ3n) is 3.30. The largest absolute Gasteiger partial charge is 0.324 e. The Morgan fingerprint density at radius 3 is 2.44 bits per heavy atom. The van der Waals surface area contributed by atoms with Crippen LogP contribution >= 0.6 is 22.7 Å². The molecular weight excluding hydrogens is 392 g/mol. The minimum atomic E-state index is -0.489. The van der Waals surface area contributed by atoms with Gasteiger partial charge in [0.2, 0.25) is 5.91 Å². The molecule has 0 fully saturated rings. The number of hydrogen-bond acceptors (Lipinski definition) is 8. The summed E-state index contributed by atoms with van der Waals surface area (Å²) < 4.78 is 0. The van der Waals surface area contributed by atoms with Crippen LogP contribution in [-0.2, 0) is 4.79 Å². The van der Waals surface area contributed by atoms with Gasteiger partial charge in [0.15, 0.2) is 5.13 Å². The fourth-order valence-corrected chi connectivity index (χ4v) is 3.50. The lowest BCUT2D eigenvalue weighted by Gasteiger charge is -1.97. The molecule has 0 saturated heterocycles. The van der Waals surface area contributed by atoms with Crippen molar-refractivity contribution in [2.24, 2.45) is 0 Å². The molecule has 0 spiro atoms. The number of thiophene rings is 1. The highest BCUT2D eigenvalue weighted by Gasteiger charge is 2.10. The number of nitro groups is 2. The lowest BCUT2D eigenvalue weighted by molar-refractivity contribution is -0.384. The molecule has 0 atom stereocenters. The Morgan fingerprint density at radius 2 is 1.81 bits per heavy atom. The second-order valence-electron chi connectivity index (χ2n) is 5.10. The Labute approximate surface area is 159 Å². The van der Waals surface area contributed by atoms with Gasteiger partial charge in [-0.1, -0.05) is 11.3 Å². The van der Waals surface area contributed by atoms with Crippen LogP contribution in [0.4, 0.5) is 15.8 Å². The number of nitrogens with zero attached hydrogens (tertiary/aromatic N) is 3. The summed E-state index contributed by atoms with van der Waals surface area (Å²) in [6.07, 6.45) is 2.75. The molecule has 27 heavy (non-hydrogen) atoms. The first kappa shape index (κ1) is 18.4. The van der Waals surface area contributed by atoms with Crippen molar-refractivity contribution in [1.82, 2.24) is 4.98 Å². The number of benzene rings is 1. The van der Waals surface area contributed by atoms with Crippen LogP contribution in [0.2, 0.25) is 0 Å². The topological polar surface area (TPSA) is 128 Å². The zero-order valence-electron chi connectivity index (χ0n) is 13.4. The average Bonchev–Trinajstić information content (AvgIpc) is 3.29. The van der Waals surface area contributed by atoms with Gasteiger partial charge in [0.25, 0.3) is 5.69 Å². The summed E-state index contributed by atoms with van der Waals surface area (Å²) in [7, 11) is 0. The van der Waals surface area contributed by atoms with Gasteiger partial charge in [-0.2, -0.15) is 0 Å². The van der Waals surface area contributed by atoms with Gasteiger partial charge in [0, 0.05) is 40.1 Å². The zero-order valence-corrected chi connectivity index (χ0v) is 15.0. The Bertz CT molecular complexity index is 1040. The van der Waals surface area contributed by atoms with Crippen LogP contribution in [0.3, 0.4) is 0 Å². The maximum atomic E-state index is 12.0. The van der Waals surface area contributed by atoms with Gasteiger partial charge < -0.3 is 0 Å². The standard InChI is InChI=1S/C16H10N4O5S2/c21-14(7-5-12-6-8-15(27-12)20(24)25)18-16-17-13(9-26-16)10-1-3-11(4-2-10)19(22)23/h1-9H,(H,17,18,21)/b7-5+. The molecule has 0 saturated carbocycles. The van der Waals surface area contributed by atoms with Crippen LogP contribution in [0.1, 0.15) is 4.88 Å². The molecule has 9 nitrogen and oxygen atoms in total. The summed E-state index contributed by atoms with van der Waals surface area (Å²) in [4.78, 5) is 37.2. The number of carbonyl (C=O) groups is 1. The van der Waals surface area contributed by atoms with Crippen molar-refractivity contribution in [1.29, 1.82) is 0 Å². The average molecular weight is 402 g/mol. The second kappa shape index (κ2) is 7.85. The molecule has 3 aromatic rings. The van der Waals surface area contributed by atoms with Gasteiger partial charge in [-0.15, -0.1) is 11.3 Å². The summed E-state index contributed by atoms with van der Waals surface area (Å²) in [6, 6.07) is 8.87. The van der Waals surface area contributed by atoms with Crippen LogP contribution in [0.5, 0.6) is 0 Å². The van der Waals surface area contributed by atoms with E-state index >= 15 is 0 Å². The van der Waals surface area contributed by atoms with Crippen LogP contribution in [0.25, 0.3) is 17.3 Å². The molecule has 2 heterocycles. The molecule has 1 N–H and O–H groups in total. The minimum Gasteiger partial charge on any atom is -0.298 e. The predicted octanol–water partition coefficient (Wildman–Crippen LogP) is 4.34. The number of non-ortho nitro benzene ring substituents is 1. The molecule has 0 radical (unpaired) electrons. The van der Waals surface area contributed by atoms with E-state index in [1.165, 1.54) is 41.7 Å². The van der Waals surface area contributed by atoms with E-state index in [0.717, 1.165) is 11.3 Å². The zero-order chi connectivity index (χ0) is 19.4. The van der Waals surface area contributed by atoms with Crippen LogP contribution < -0.4 is 5.32 Å². The normalized spacial score (nSPS) is 10.8. The summed E-state index contributed by atoms with van der Waals surface area (Å²) in [6.45, 7) is 0. The van der Waals surface area contributed by atoms with Crippen molar-refractivity contribution in [3.63, 3.8) is 0 Å². The third-order valence-corrected chi connectivity index (χ3v) is 5.06. The molecule has 11 heteroatoms. The van der Waals surface area contributed by atoms with E-state index < -0.39 is 15.8 Å². The molecule has 0 unspecified atom stereocenters. The van der Waals surface area contributed by atoms with E-state index in [1.807, 2.05) is 0 Å².